The minimum atomic E-state index is -3.75. The van der Waals surface area contributed by atoms with Gasteiger partial charge in [-0.2, -0.15) is 0 Å². The summed E-state index contributed by atoms with van der Waals surface area (Å²) >= 11 is 6.21. The molecule has 4 rings (SSSR count). The number of nitrogens with two attached hydrogens (primary N) is 1. The molecule has 8 nitrogen and oxygen atoms in total. The monoisotopic (exact) mass is 537 g/mol. The molecule has 1 fully saturated rings. The molecule has 0 saturated carbocycles. The maximum absolute atomic E-state index is 13.0. The number of ether oxygens (including phenoxy) is 2. The number of piperidine rings is 1. The molecule has 2 aromatic rings. The number of hydrogen-bond acceptors (Lipinski definition) is 7. The first-order valence-electron chi connectivity index (χ1n) is 12.6. The number of sulfonamides is 1. The third kappa shape index (κ3) is 6.77. The largest absolute Gasteiger partial charge is 0.508 e. The summed E-state index contributed by atoms with van der Waals surface area (Å²) in [6.45, 7) is 3.02. The normalized spacial score (nSPS) is 20.5. The number of likely N-dealkylation sites (tertiary alicyclic amines) is 1. The van der Waals surface area contributed by atoms with Crippen LogP contribution in [0.3, 0.4) is 0 Å². The summed E-state index contributed by atoms with van der Waals surface area (Å²) in [5.74, 6) is 0.130. The topological polar surface area (TPSA) is 114 Å². The Labute approximate surface area is 218 Å². The number of benzene rings is 2. The molecule has 0 bridgehead atoms. The molecule has 2 aliphatic rings. The van der Waals surface area contributed by atoms with Crippen molar-refractivity contribution in [1.29, 1.82) is 0 Å². The van der Waals surface area contributed by atoms with Crippen LogP contribution in [0.2, 0.25) is 5.02 Å². The van der Waals surface area contributed by atoms with Gasteiger partial charge in [0, 0.05) is 35.8 Å². The molecule has 1 aliphatic carbocycles. The smallest absolute Gasteiger partial charge is 0.240 e. The molecule has 0 aromatic heterocycles. The summed E-state index contributed by atoms with van der Waals surface area (Å²) < 4.78 is 39.1. The van der Waals surface area contributed by atoms with Crippen molar-refractivity contribution < 1.29 is 23.0 Å². The Morgan fingerprint density at radius 1 is 1.03 bits per heavy atom. The molecule has 0 amide bonds. The molecule has 2 atom stereocenters. The minimum absolute atomic E-state index is 0.0412. The zero-order valence-corrected chi connectivity index (χ0v) is 22.1. The summed E-state index contributed by atoms with van der Waals surface area (Å²) in [4.78, 5) is 2.59. The van der Waals surface area contributed by atoms with Gasteiger partial charge in [0.2, 0.25) is 10.0 Å². The van der Waals surface area contributed by atoms with Gasteiger partial charge in [0.15, 0.2) is 0 Å². The Morgan fingerprint density at radius 2 is 1.81 bits per heavy atom. The van der Waals surface area contributed by atoms with Gasteiger partial charge in [-0.15, -0.1) is 0 Å². The fourth-order valence-corrected chi connectivity index (χ4v) is 6.47. The van der Waals surface area contributed by atoms with Crippen molar-refractivity contribution >= 4 is 21.6 Å². The van der Waals surface area contributed by atoms with E-state index in [1.165, 1.54) is 23.3 Å². The van der Waals surface area contributed by atoms with Gasteiger partial charge in [-0.25, -0.2) is 13.1 Å². The van der Waals surface area contributed by atoms with E-state index in [0.717, 1.165) is 43.7 Å². The molecule has 1 aliphatic heterocycles. The van der Waals surface area contributed by atoms with Gasteiger partial charge in [0.1, 0.15) is 5.75 Å². The van der Waals surface area contributed by atoms with Gasteiger partial charge >= 0.3 is 0 Å². The van der Waals surface area contributed by atoms with Crippen molar-refractivity contribution in [3.8, 4) is 5.75 Å². The highest BCUT2D eigenvalue weighted by Gasteiger charge is 2.35. The molecule has 1 heterocycles. The molecular formula is C26H36ClN3O5S. The summed E-state index contributed by atoms with van der Waals surface area (Å²) in [6, 6.07) is 10.9. The predicted molar refractivity (Wildman–Crippen MR) is 140 cm³/mol. The number of halogens is 1. The lowest BCUT2D eigenvalue weighted by Crippen LogP contribution is -2.42. The third-order valence-electron chi connectivity index (χ3n) is 6.93. The van der Waals surface area contributed by atoms with Gasteiger partial charge in [0.05, 0.1) is 31.3 Å². The number of nitrogens with zero attached hydrogens (tertiary/aromatic N) is 1. The maximum atomic E-state index is 13.0. The van der Waals surface area contributed by atoms with Gasteiger partial charge in [-0.05, 0) is 73.7 Å². The van der Waals surface area contributed by atoms with Gasteiger partial charge in [-0.1, -0.05) is 24.1 Å². The molecule has 36 heavy (non-hydrogen) atoms. The fourth-order valence-electron chi connectivity index (χ4n) is 5.23. The van der Waals surface area contributed by atoms with Crippen LogP contribution in [-0.4, -0.2) is 70.5 Å². The van der Waals surface area contributed by atoms with E-state index in [4.69, 9.17) is 26.8 Å². The van der Waals surface area contributed by atoms with Crippen LogP contribution in [0.4, 0.5) is 0 Å². The standard InChI is InChI=1S/C26H36ClN3O5S/c27-21-5-4-19-16-22(17-20(19)15-21)30-10-2-1-3-25(30)24-18-23(6-7-26(24)31)36(32,33)29-9-12-35-14-13-34-11-8-28/h4-7,15,18,22,25,29,31H,1-3,8-14,16-17,28H2. The molecule has 2 unspecified atom stereocenters. The highest BCUT2D eigenvalue weighted by atomic mass is 35.5. The van der Waals surface area contributed by atoms with E-state index in [9.17, 15) is 13.5 Å². The van der Waals surface area contributed by atoms with Gasteiger partial charge in [-0.3, -0.25) is 4.90 Å². The van der Waals surface area contributed by atoms with E-state index < -0.39 is 10.0 Å². The Balaban J connectivity index is 1.42. The molecule has 0 radical (unpaired) electrons. The van der Waals surface area contributed by atoms with Crippen LogP contribution in [0.25, 0.3) is 0 Å². The van der Waals surface area contributed by atoms with Crippen LogP contribution in [0, 0.1) is 0 Å². The second-order valence-electron chi connectivity index (χ2n) is 9.36. The molecular weight excluding hydrogens is 502 g/mol. The van der Waals surface area contributed by atoms with Crippen LogP contribution in [-0.2, 0) is 32.3 Å². The Kier molecular flexibility index (Phi) is 9.63. The van der Waals surface area contributed by atoms with E-state index in [1.54, 1.807) is 6.07 Å². The highest BCUT2D eigenvalue weighted by molar-refractivity contribution is 7.89. The zero-order chi connectivity index (χ0) is 25.5. The van der Waals surface area contributed by atoms with E-state index >= 15 is 0 Å². The van der Waals surface area contributed by atoms with Crippen molar-refractivity contribution in [3.05, 3.63) is 58.1 Å². The van der Waals surface area contributed by atoms with Crippen molar-refractivity contribution in [2.24, 2.45) is 5.73 Å². The van der Waals surface area contributed by atoms with Gasteiger partial charge in [0.25, 0.3) is 0 Å². The summed E-state index contributed by atoms with van der Waals surface area (Å²) in [5, 5.41) is 11.5. The highest BCUT2D eigenvalue weighted by Crippen LogP contribution is 2.41. The van der Waals surface area contributed by atoms with E-state index in [0.29, 0.717) is 38.0 Å². The second-order valence-corrected chi connectivity index (χ2v) is 11.6. The van der Waals surface area contributed by atoms with Crippen LogP contribution in [0.5, 0.6) is 5.75 Å². The lowest BCUT2D eigenvalue weighted by molar-refractivity contribution is 0.0530. The number of hydrogen-bond donors (Lipinski definition) is 3. The molecule has 0 spiro atoms. The van der Waals surface area contributed by atoms with Crippen molar-refractivity contribution in [2.75, 3.05) is 46.1 Å². The summed E-state index contributed by atoms with van der Waals surface area (Å²) in [6.07, 6.45) is 4.83. The van der Waals surface area contributed by atoms with Crippen molar-refractivity contribution in [2.45, 2.75) is 49.1 Å². The van der Waals surface area contributed by atoms with Crippen LogP contribution in [0.15, 0.2) is 41.3 Å². The van der Waals surface area contributed by atoms with Crippen LogP contribution >= 0.6 is 11.6 Å². The van der Waals surface area contributed by atoms with Crippen LogP contribution < -0.4 is 10.5 Å². The average Bonchev–Trinajstić information content (AvgIpc) is 3.29. The van der Waals surface area contributed by atoms with Crippen LogP contribution in [0.1, 0.15) is 42.0 Å². The number of nitrogens with one attached hydrogen (secondary N) is 1. The summed E-state index contributed by atoms with van der Waals surface area (Å²) in [5.41, 5.74) is 8.61. The second kappa shape index (κ2) is 12.7. The first-order valence-corrected chi connectivity index (χ1v) is 14.5. The SMILES string of the molecule is NCCOCCOCCNS(=O)(=O)c1ccc(O)c(C2CCCCN2C2Cc3ccc(Cl)cc3C2)c1. The zero-order valence-electron chi connectivity index (χ0n) is 20.5. The summed E-state index contributed by atoms with van der Waals surface area (Å²) in [7, 11) is -3.75. The lowest BCUT2D eigenvalue weighted by Gasteiger charge is -2.40. The first kappa shape index (κ1) is 27.3. The van der Waals surface area contributed by atoms with Gasteiger partial charge < -0.3 is 20.3 Å². The van der Waals surface area contributed by atoms with E-state index in [-0.39, 0.29) is 29.8 Å². The number of phenols is 1. The van der Waals surface area contributed by atoms with E-state index in [2.05, 4.69) is 15.7 Å². The average molecular weight is 538 g/mol. The fraction of sp³-hybridized carbons (Fsp3) is 0.538. The lowest BCUT2D eigenvalue weighted by atomic mass is 9.92. The third-order valence-corrected chi connectivity index (χ3v) is 8.63. The number of aromatic hydroxyl groups is 1. The number of fused-ring (bicyclic) bond motifs is 1. The maximum Gasteiger partial charge on any atom is 0.240 e. The van der Waals surface area contributed by atoms with Crippen molar-refractivity contribution in [3.63, 3.8) is 0 Å². The first-order chi connectivity index (χ1) is 17.4. The number of phenolic OH excluding ortho intramolecular Hbond substituents is 1. The molecule has 198 valence electrons. The predicted octanol–water partition coefficient (Wildman–Crippen LogP) is 3.01. The molecule has 4 N–H and O–H groups in total. The quantitative estimate of drug-likeness (QED) is 0.357. The Morgan fingerprint density at radius 3 is 2.61 bits per heavy atom. The Bertz CT molecular complexity index is 1130. The number of rotatable bonds is 12. The molecule has 1 saturated heterocycles. The minimum Gasteiger partial charge on any atom is -0.508 e. The van der Waals surface area contributed by atoms with Crippen molar-refractivity contribution in [1.82, 2.24) is 9.62 Å². The van der Waals surface area contributed by atoms with E-state index in [1.807, 2.05) is 12.1 Å². The molecule has 2 aromatic carbocycles. The Hall–Kier alpha value is -1.72. The molecule has 10 heteroatoms.